The molecule has 1 aromatic heterocycles. The number of aryl methyl sites for hydroxylation is 1. The summed E-state index contributed by atoms with van der Waals surface area (Å²) in [5.74, 6) is -0.369. The number of ether oxygens (including phenoxy) is 1. The lowest BCUT2D eigenvalue weighted by atomic mass is 9.95. The number of hydrogen-bond donors (Lipinski definition) is 1. The highest BCUT2D eigenvalue weighted by Crippen LogP contribution is 2.42. The number of methoxy groups -OCH3 is 1. The van der Waals surface area contributed by atoms with E-state index in [4.69, 9.17) is 4.74 Å². The lowest BCUT2D eigenvalue weighted by molar-refractivity contribution is 0.0723. The number of amides is 1. The van der Waals surface area contributed by atoms with E-state index in [1.807, 2.05) is 4.90 Å². The number of fused-ring (bicyclic) bond motifs is 1. The molecule has 0 aliphatic carbocycles. The summed E-state index contributed by atoms with van der Waals surface area (Å²) in [4.78, 5) is 15.0. The van der Waals surface area contributed by atoms with Crippen LogP contribution in [0.5, 0.6) is 0 Å². The predicted octanol–water partition coefficient (Wildman–Crippen LogP) is 4.36. The van der Waals surface area contributed by atoms with Crippen LogP contribution >= 0.6 is 0 Å². The number of nitrogens with one attached hydrogen (secondary N) is 1. The summed E-state index contributed by atoms with van der Waals surface area (Å²) in [6, 6.07) is 14.3. The van der Waals surface area contributed by atoms with E-state index in [0.717, 1.165) is 29.5 Å². The van der Waals surface area contributed by atoms with E-state index < -0.39 is 0 Å². The van der Waals surface area contributed by atoms with E-state index in [-0.39, 0.29) is 17.8 Å². The molecule has 1 N–H and O–H groups in total. The highest BCUT2D eigenvalue weighted by molar-refractivity contribution is 6.00. The monoisotopic (exact) mass is 393 g/mol. The van der Waals surface area contributed by atoms with Gasteiger partial charge in [0.15, 0.2) is 0 Å². The van der Waals surface area contributed by atoms with Crippen LogP contribution in [0.1, 0.15) is 46.6 Å². The third-order valence-corrected chi connectivity index (χ3v) is 5.43. The van der Waals surface area contributed by atoms with Gasteiger partial charge in [0.2, 0.25) is 0 Å². The number of carbonyl (C=O) groups is 1. The van der Waals surface area contributed by atoms with Crippen molar-refractivity contribution in [1.82, 2.24) is 15.1 Å². The number of carbonyl (C=O) groups excluding carboxylic acids is 1. The first-order chi connectivity index (χ1) is 14.1. The van der Waals surface area contributed by atoms with Crippen LogP contribution in [0.2, 0.25) is 0 Å². The quantitative estimate of drug-likeness (QED) is 0.607. The summed E-state index contributed by atoms with van der Waals surface area (Å²) < 4.78 is 18.6. The summed E-state index contributed by atoms with van der Waals surface area (Å²) >= 11 is 0. The second kappa shape index (κ2) is 8.17. The average Bonchev–Trinajstić information content (AvgIpc) is 3.28. The number of H-pyrrole nitrogens is 1. The number of hydrogen-bond acceptors (Lipinski definition) is 3. The Hall–Kier alpha value is -2.99. The van der Waals surface area contributed by atoms with Crippen LogP contribution in [0.4, 0.5) is 4.39 Å². The van der Waals surface area contributed by atoms with Gasteiger partial charge in [-0.25, -0.2) is 4.39 Å². The molecule has 0 fully saturated rings. The molecule has 0 spiro atoms. The van der Waals surface area contributed by atoms with Crippen LogP contribution < -0.4 is 0 Å². The molecule has 2 heterocycles. The number of benzene rings is 2. The molecule has 0 bridgehead atoms. The van der Waals surface area contributed by atoms with Crippen LogP contribution in [-0.2, 0) is 11.2 Å². The SMILES string of the molecule is CCc1ccc(C2c3c(-c4ccc(F)cc4)n[nH]c3C(=O)N2CCCOC)cc1. The van der Waals surface area contributed by atoms with Crippen molar-refractivity contribution in [3.8, 4) is 11.3 Å². The minimum Gasteiger partial charge on any atom is -0.385 e. The van der Waals surface area contributed by atoms with Gasteiger partial charge in [0.25, 0.3) is 5.91 Å². The molecule has 1 aliphatic rings. The lowest BCUT2D eigenvalue weighted by Gasteiger charge is -2.26. The van der Waals surface area contributed by atoms with Crippen molar-refractivity contribution in [3.05, 3.63) is 76.7 Å². The molecular formula is C23H24FN3O2. The molecule has 2 aromatic carbocycles. The molecular weight excluding hydrogens is 369 g/mol. The van der Waals surface area contributed by atoms with Gasteiger partial charge >= 0.3 is 0 Å². The summed E-state index contributed by atoms with van der Waals surface area (Å²) in [6.07, 6.45) is 1.70. The van der Waals surface area contributed by atoms with E-state index in [2.05, 4.69) is 41.4 Å². The molecule has 150 valence electrons. The maximum atomic E-state index is 13.4. The molecule has 0 saturated carbocycles. The summed E-state index contributed by atoms with van der Waals surface area (Å²) in [5, 5.41) is 7.33. The van der Waals surface area contributed by atoms with Crippen LogP contribution in [-0.4, -0.2) is 41.3 Å². The Balaban J connectivity index is 1.79. The van der Waals surface area contributed by atoms with Gasteiger partial charge in [0, 0.05) is 31.4 Å². The zero-order chi connectivity index (χ0) is 20.4. The average molecular weight is 393 g/mol. The maximum absolute atomic E-state index is 13.4. The molecule has 1 aliphatic heterocycles. The van der Waals surface area contributed by atoms with E-state index in [1.54, 1.807) is 19.2 Å². The fourth-order valence-electron chi connectivity index (χ4n) is 3.92. The van der Waals surface area contributed by atoms with Gasteiger partial charge in [0.05, 0.1) is 11.7 Å². The van der Waals surface area contributed by atoms with E-state index in [1.165, 1.54) is 17.7 Å². The Morgan fingerprint density at radius 1 is 1.14 bits per heavy atom. The smallest absolute Gasteiger partial charge is 0.273 e. The number of halogens is 1. The first-order valence-corrected chi connectivity index (χ1v) is 9.87. The molecule has 4 rings (SSSR count). The van der Waals surface area contributed by atoms with Crippen LogP contribution in [0.3, 0.4) is 0 Å². The molecule has 1 atom stereocenters. The topological polar surface area (TPSA) is 58.2 Å². The zero-order valence-electron chi connectivity index (χ0n) is 16.6. The summed E-state index contributed by atoms with van der Waals surface area (Å²) in [5.41, 5.74) is 5.11. The number of aromatic nitrogens is 2. The number of aromatic amines is 1. The second-order valence-corrected chi connectivity index (χ2v) is 7.21. The summed E-state index contributed by atoms with van der Waals surface area (Å²) in [6.45, 7) is 3.28. The van der Waals surface area contributed by atoms with E-state index >= 15 is 0 Å². The van der Waals surface area contributed by atoms with Gasteiger partial charge in [-0.05, 0) is 48.2 Å². The minimum absolute atomic E-state index is 0.0680. The Kier molecular flexibility index (Phi) is 5.45. The Labute approximate surface area is 169 Å². The lowest BCUT2D eigenvalue weighted by Crippen LogP contribution is -2.31. The Morgan fingerprint density at radius 3 is 2.52 bits per heavy atom. The zero-order valence-corrected chi connectivity index (χ0v) is 16.6. The molecule has 3 aromatic rings. The molecule has 5 nitrogen and oxygen atoms in total. The van der Waals surface area contributed by atoms with Crippen molar-refractivity contribution in [2.24, 2.45) is 0 Å². The first kappa shape index (κ1) is 19.3. The fourth-order valence-corrected chi connectivity index (χ4v) is 3.92. The van der Waals surface area contributed by atoms with Gasteiger partial charge in [-0.2, -0.15) is 5.10 Å². The maximum Gasteiger partial charge on any atom is 0.273 e. The standard InChI is InChI=1S/C23H24FN3O2/c1-3-15-5-7-17(8-6-15)22-19-20(16-9-11-18(24)12-10-16)25-26-21(19)23(28)27(22)13-4-14-29-2/h5-12,22H,3-4,13-14H2,1-2H3,(H,25,26). The third-order valence-electron chi connectivity index (χ3n) is 5.43. The largest absolute Gasteiger partial charge is 0.385 e. The highest BCUT2D eigenvalue weighted by Gasteiger charge is 2.41. The van der Waals surface area contributed by atoms with Crippen molar-refractivity contribution >= 4 is 5.91 Å². The van der Waals surface area contributed by atoms with Crippen LogP contribution in [0, 0.1) is 5.82 Å². The van der Waals surface area contributed by atoms with Crippen molar-refractivity contribution in [3.63, 3.8) is 0 Å². The van der Waals surface area contributed by atoms with Gasteiger partial charge < -0.3 is 9.64 Å². The first-order valence-electron chi connectivity index (χ1n) is 9.87. The van der Waals surface area contributed by atoms with Gasteiger partial charge in [-0.15, -0.1) is 0 Å². The third kappa shape index (κ3) is 3.56. The second-order valence-electron chi connectivity index (χ2n) is 7.21. The van der Waals surface area contributed by atoms with Crippen molar-refractivity contribution in [2.75, 3.05) is 20.3 Å². The molecule has 1 amide bonds. The molecule has 29 heavy (non-hydrogen) atoms. The molecule has 1 unspecified atom stereocenters. The van der Waals surface area contributed by atoms with Crippen LogP contribution in [0.25, 0.3) is 11.3 Å². The van der Waals surface area contributed by atoms with Crippen molar-refractivity contribution in [2.45, 2.75) is 25.8 Å². The molecule has 0 radical (unpaired) electrons. The fraction of sp³-hybridized carbons (Fsp3) is 0.304. The molecule has 0 saturated heterocycles. The van der Waals surface area contributed by atoms with E-state index in [9.17, 15) is 9.18 Å². The predicted molar refractivity (Wildman–Crippen MR) is 109 cm³/mol. The number of nitrogens with zero attached hydrogens (tertiary/aromatic N) is 2. The van der Waals surface area contributed by atoms with Crippen molar-refractivity contribution in [1.29, 1.82) is 0 Å². The van der Waals surface area contributed by atoms with E-state index in [0.29, 0.717) is 24.5 Å². The van der Waals surface area contributed by atoms with Gasteiger partial charge in [-0.3, -0.25) is 9.89 Å². The normalized spacial score (nSPS) is 15.8. The summed E-state index contributed by atoms with van der Waals surface area (Å²) in [7, 11) is 1.66. The van der Waals surface area contributed by atoms with Crippen molar-refractivity contribution < 1.29 is 13.9 Å². The van der Waals surface area contributed by atoms with Gasteiger partial charge in [0.1, 0.15) is 11.5 Å². The number of rotatable bonds is 7. The van der Waals surface area contributed by atoms with Gasteiger partial charge in [-0.1, -0.05) is 31.2 Å². The molecule has 6 heteroatoms. The van der Waals surface area contributed by atoms with Crippen LogP contribution in [0.15, 0.2) is 48.5 Å². The minimum atomic E-state index is -0.301. The Bertz CT molecular complexity index is 996. The highest BCUT2D eigenvalue weighted by atomic mass is 19.1. The Morgan fingerprint density at radius 2 is 1.86 bits per heavy atom.